The topological polar surface area (TPSA) is 71.4 Å². The van der Waals surface area contributed by atoms with Crippen molar-refractivity contribution in [2.24, 2.45) is 0 Å². The van der Waals surface area contributed by atoms with Crippen LogP contribution in [0, 0.1) is 0 Å². The van der Waals surface area contributed by atoms with Crippen LogP contribution in [-0.4, -0.2) is 34.9 Å². The number of benzene rings is 1. The number of aromatic nitrogens is 1. The van der Waals surface area contributed by atoms with E-state index in [2.05, 4.69) is 5.32 Å². The Kier molecular flexibility index (Phi) is 7.19. The highest BCUT2D eigenvalue weighted by Gasteiger charge is 2.21. The highest BCUT2D eigenvalue weighted by atomic mass is 32.1. The number of hydrogen-bond acceptors (Lipinski definition) is 4. The molecule has 0 bridgehead atoms. The lowest BCUT2D eigenvalue weighted by molar-refractivity contribution is 0.0784. The minimum Gasteiger partial charge on any atom is -0.352 e. The van der Waals surface area contributed by atoms with Gasteiger partial charge in [0, 0.05) is 37.4 Å². The molecule has 0 fully saturated rings. The average Bonchev–Trinajstić information content (AvgIpc) is 3.26. The molecule has 0 spiro atoms. The number of aryl methyl sites for hydroxylation is 2. The van der Waals surface area contributed by atoms with Crippen LogP contribution in [0.4, 0.5) is 0 Å². The molecule has 1 aromatic carbocycles. The van der Waals surface area contributed by atoms with Crippen LogP contribution in [0.15, 0.2) is 65.0 Å². The van der Waals surface area contributed by atoms with Crippen LogP contribution < -0.4 is 10.7 Å². The van der Waals surface area contributed by atoms with Crippen molar-refractivity contribution in [3.05, 3.63) is 92.0 Å². The van der Waals surface area contributed by atoms with E-state index in [1.54, 1.807) is 36.1 Å². The molecule has 1 N–H and O–H groups in total. The third-order valence-electron chi connectivity index (χ3n) is 4.71. The number of amides is 2. The average molecular weight is 424 g/mol. The van der Waals surface area contributed by atoms with Crippen molar-refractivity contribution in [2.45, 2.75) is 26.4 Å². The van der Waals surface area contributed by atoms with E-state index in [-0.39, 0.29) is 11.1 Å². The fourth-order valence-electron chi connectivity index (χ4n) is 3.15. The number of nitrogens with one attached hydrogen (secondary N) is 1. The Labute approximate surface area is 179 Å². The van der Waals surface area contributed by atoms with E-state index in [0.29, 0.717) is 19.6 Å². The maximum Gasteiger partial charge on any atom is 0.259 e. The Morgan fingerprint density at radius 1 is 1.07 bits per heavy atom. The second kappa shape index (κ2) is 10.0. The van der Waals surface area contributed by atoms with Crippen LogP contribution in [-0.2, 0) is 19.5 Å². The summed E-state index contributed by atoms with van der Waals surface area (Å²) in [6.07, 6.45) is 3.81. The standard InChI is InChI=1S/C23H25N3O3S/c1-3-24-22(28)19-15-26(12-11-17-8-5-4-6-9-17)16-20(21(19)27)23(29)25(2)14-18-10-7-13-30-18/h4-10,13,15-16H,3,11-12,14H2,1-2H3,(H,24,28). The van der Waals surface area contributed by atoms with E-state index >= 15 is 0 Å². The van der Waals surface area contributed by atoms with Gasteiger partial charge in [0.25, 0.3) is 11.8 Å². The number of pyridine rings is 1. The largest absolute Gasteiger partial charge is 0.352 e. The first-order chi connectivity index (χ1) is 14.5. The van der Waals surface area contributed by atoms with E-state index in [4.69, 9.17) is 0 Å². The maximum absolute atomic E-state index is 13.0. The molecule has 2 aromatic heterocycles. The number of carbonyl (C=O) groups excluding carboxylic acids is 2. The van der Waals surface area contributed by atoms with Gasteiger partial charge in [-0.1, -0.05) is 36.4 Å². The summed E-state index contributed by atoms with van der Waals surface area (Å²) in [6, 6.07) is 13.8. The molecule has 30 heavy (non-hydrogen) atoms. The summed E-state index contributed by atoms with van der Waals surface area (Å²) in [7, 11) is 1.66. The van der Waals surface area contributed by atoms with Crippen LogP contribution in [0.2, 0.25) is 0 Å². The van der Waals surface area contributed by atoms with Gasteiger partial charge >= 0.3 is 0 Å². The first kappa shape index (κ1) is 21.5. The van der Waals surface area contributed by atoms with Crippen molar-refractivity contribution in [3.8, 4) is 0 Å². The molecule has 3 rings (SSSR count). The molecule has 2 heterocycles. The zero-order valence-electron chi connectivity index (χ0n) is 17.1. The zero-order valence-corrected chi connectivity index (χ0v) is 17.9. The number of hydrogen-bond donors (Lipinski definition) is 1. The molecule has 6 nitrogen and oxygen atoms in total. The predicted octanol–water partition coefficient (Wildman–Crippen LogP) is 3.17. The fraction of sp³-hybridized carbons (Fsp3) is 0.261. The van der Waals surface area contributed by atoms with Gasteiger partial charge in [0.05, 0.1) is 6.54 Å². The van der Waals surface area contributed by atoms with E-state index in [1.807, 2.05) is 47.8 Å². The smallest absolute Gasteiger partial charge is 0.259 e. The Balaban J connectivity index is 1.91. The molecular formula is C23H25N3O3S. The third kappa shape index (κ3) is 5.24. The zero-order chi connectivity index (χ0) is 21.5. The lowest BCUT2D eigenvalue weighted by Gasteiger charge is -2.18. The molecule has 0 atom stereocenters. The summed E-state index contributed by atoms with van der Waals surface area (Å²) in [5.74, 6) is -0.862. The highest BCUT2D eigenvalue weighted by Crippen LogP contribution is 2.13. The Morgan fingerprint density at radius 3 is 2.47 bits per heavy atom. The Morgan fingerprint density at radius 2 is 1.80 bits per heavy atom. The molecule has 0 radical (unpaired) electrons. The molecule has 0 saturated carbocycles. The minimum atomic E-state index is -0.542. The van der Waals surface area contributed by atoms with Crippen molar-refractivity contribution in [2.75, 3.05) is 13.6 Å². The van der Waals surface area contributed by atoms with Crippen molar-refractivity contribution in [3.63, 3.8) is 0 Å². The summed E-state index contributed by atoms with van der Waals surface area (Å²) in [4.78, 5) is 41.0. The van der Waals surface area contributed by atoms with E-state index < -0.39 is 17.2 Å². The van der Waals surface area contributed by atoms with Gasteiger partial charge in [-0.3, -0.25) is 14.4 Å². The van der Waals surface area contributed by atoms with Gasteiger partial charge < -0.3 is 14.8 Å². The Bertz CT molecular complexity index is 1060. The predicted molar refractivity (Wildman–Crippen MR) is 119 cm³/mol. The SMILES string of the molecule is CCNC(=O)c1cn(CCc2ccccc2)cc(C(=O)N(C)Cc2cccs2)c1=O. The fourth-order valence-corrected chi connectivity index (χ4v) is 3.90. The Hall–Kier alpha value is -3.19. The van der Waals surface area contributed by atoms with Crippen molar-refractivity contribution in [1.82, 2.24) is 14.8 Å². The van der Waals surface area contributed by atoms with Crippen LogP contribution in [0.1, 0.15) is 38.1 Å². The molecule has 0 aliphatic rings. The molecule has 2 amide bonds. The van der Waals surface area contributed by atoms with Gasteiger partial charge in [-0.2, -0.15) is 0 Å². The van der Waals surface area contributed by atoms with Crippen LogP contribution in [0.3, 0.4) is 0 Å². The molecule has 0 unspecified atom stereocenters. The first-order valence-corrected chi connectivity index (χ1v) is 10.7. The van der Waals surface area contributed by atoms with Crippen LogP contribution >= 0.6 is 11.3 Å². The van der Waals surface area contributed by atoms with Gasteiger partial charge in [-0.05, 0) is 30.4 Å². The summed E-state index contributed by atoms with van der Waals surface area (Å²) in [6.45, 7) is 3.14. The normalized spacial score (nSPS) is 10.6. The summed E-state index contributed by atoms with van der Waals surface area (Å²) >= 11 is 1.55. The minimum absolute atomic E-state index is 0.00544. The van der Waals surface area contributed by atoms with E-state index in [0.717, 1.165) is 16.9 Å². The molecule has 0 saturated heterocycles. The molecule has 3 aromatic rings. The second-order valence-electron chi connectivity index (χ2n) is 6.99. The second-order valence-corrected chi connectivity index (χ2v) is 8.02. The van der Waals surface area contributed by atoms with Gasteiger partial charge in [-0.25, -0.2) is 0 Å². The lowest BCUT2D eigenvalue weighted by Crippen LogP contribution is -2.36. The molecule has 0 aliphatic carbocycles. The monoisotopic (exact) mass is 423 g/mol. The summed E-state index contributed by atoms with van der Waals surface area (Å²) in [5.41, 5.74) is 0.588. The highest BCUT2D eigenvalue weighted by molar-refractivity contribution is 7.09. The van der Waals surface area contributed by atoms with Crippen molar-refractivity contribution >= 4 is 23.2 Å². The van der Waals surface area contributed by atoms with Gasteiger partial charge in [-0.15, -0.1) is 11.3 Å². The van der Waals surface area contributed by atoms with E-state index in [9.17, 15) is 14.4 Å². The number of carbonyl (C=O) groups is 2. The number of thiophene rings is 1. The van der Waals surface area contributed by atoms with Crippen LogP contribution in [0.5, 0.6) is 0 Å². The van der Waals surface area contributed by atoms with Gasteiger partial charge in [0.15, 0.2) is 0 Å². The third-order valence-corrected chi connectivity index (χ3v) is 5.57. The van der Waals surface area contributed by atoms with Gasteiger partial charge in [0.2, 0.25) is 5.43 Å². The lowest BCUT2D eigenvalue weighted by atomic mass is 10.1. The summed E-state index contributed by atoms with van der Waals surface area (Å²) in [5, 5.41) is 4.60. The molecule has 0 aliphatic heterocycles. The molecule has 156 valence electrons. The maximum atomic E-state index is 13.0. The number of nitrogens with zero attached hydrogens (tertiary/aromatic N) is 2. The summed E-state index contributed by atoms with van der Waals surface area (Å²) < 4.78 is 1.76. The van der Waals surface area contributed by atoms with E-state index in [1.165, 1.54) is 11.1 Å². The number of rotatable bonds is 8. The molecular weight excluding hydrogens is 398 g/mol. The quantitative estimate of drug-likeness (QED) is 0.605. The van der Waals surface area contributed by atoms with Crippen molar-refractivity contribution in [1.29, 1.82) is 0 Å². The van der Waals surface area contributed by atoms with Crippen LogP contribution in [0.25, 0.3) is 0 Å². The molecule has 7 heteroatoms. The van der Waals surface area contributed by atoms with Crippen molar-refractivity contribution < 1.29 is 9.59 Å². The van der Waals surface area contributed by atoms with Gasteiger partial charge in [0.1, 0.15) is 11.1 Å². The first-order valence-electron chi connectivity index (χ1n) is 9.83.